The van der Waals surface area contributed by atoms with Crippen molar-refractivity contribution in [3.05, 3.63) is 35.1 Å². The standard InChI is InChI=1S/C14H14F3NO/c15-10-2-1-8(11(16)12(10)17)13(19)9-7-14(9)3-5-18-6-4-14/h1-2,9,18H,3-7H2. The number of carbonyl (C=O) groups is 1. The highest BCUT2D eigenvalue weighted by Crippen LogP contribution is 2.59. The highest BCUT2D eigenvalue weighted by Gasteiger charge is 2.57. The van der Waals surface area contributed by atoms with E-state index in [1.807, 2.05) is 0 Å². The molecule has 1 N–H and O–H groups in total. The lowest BCUT2D eigenvalue weighted by Gasteiger charge is -2.23. The van der Waals surface area contributed by atoms with Crippen molar-refractivity contribution in [2.24, 2.45) is 11.3 Å². The van der Waals surface area contributed by atoms with Gasteiger partial charge in [-0.2, -0.15) is 0 Å². The Balaban J connectivity index is 1.84. The maximum Gasteiger partial charge on any atom is 0.195 e. The van der Waals surface area contributed by atoms with Crippen LogP contribution in [-0.2, 0) is 0 Å². The zero-order valence-corrected chi connectivity index (χ0v) is 10.3. The highest BCUT2D eigenvalue weighted by molar-refractivity contribution is 6.00. The summed E-state index contributed by atoms with van der Waals surface area (Å²) in [5.74, 6) is -4.82. The lowest BCUT2D eigenvalue weighted by atomic mass is 9.89. The molecule has 1 aliphatic heterocycles. The van der Waals surface area contributed by atoms with Crippen LogP contribution in [0.2, 0.25) is 0 Å². The van der Waals surface area contributed by atoms with Gasteiger partial charge in [0.05, 0.1) is 5.56 Å². The molecule has 1 aliphatic carbocycles. The van der Waals surface area contributed by atoms with E-state index in [1.54, 1.807) is 0 Å². The summed E-state index contributed by atoms with van der Waals surface area (Å²) in [5, 5.41) is 3.21. The molecule has 1 saturated carbocycles. The molecule has 1 aromatic rings. The van der Waals surface area contributed by atoms with Crippen LogP contribution < -0.4 is 5.32 Å². The Kier molecular flexibility index (Phi) is 2.89. The molecule has 0 aromatic heterocycles. The van der Waals surface area contributed by atoms with Crippen molar-refractivity contribution < 1.29 is 18.0 Å². The lowest BCUT2D eigenvalue weighted by molar-refractivity contribution is 0.0935. The van der Waals surface area contributed by atoms with Crippen molar-refractivity contribution in [3.63, 3.8) is 0 Å². The van der Waals surface area contributed by atoms with Crippen LogP contribution in [0.5, 0.6) is 0 Å². The first-order valence-electron chi connectivity index (χ1n) is 6.44. The Bertz CT molecular complexity index is 538. The Morgan fingerprint density at radius 3 is 2.53 bits per heavy atom. The van der Waals surface area contributed by atoms with Gasteiger partial charge in [0.1, 0.15) is 0 Å². The molecule has 1 saturated heterocycles. The number of hydrogen-bond acceptors (Lipinski definition) is 2. The second-order valence-corrected chi connectivity index (χ2v) is 5.46. The van der Waals surface area contributed by atoms with E-state index in [0.29, 0.717) is 0 Å². The van der Waals surface area contributed by atoms with Gasteiger partial charge in [0.25, 0.3) is 0 Å². The number of carbonyl (C=O) groups excluding carboxylic acids is 1. The molecule has 3 rings (SSSR count). The van der Waals surface area contributed by atoms with Crippen LogP contribution in [0, 0.1) is 28.8 Å². The summed E-state index contributed by atoms with van der Waals surface area (Å²) < 4.78 is 39.6. The monoisotopic (exact) mass is 269 g/mol. The molecule has 0 radical (unpaired) electrons. The first-order valence-corrected chi connectivity index (χ1v) is 6.44. The number of piperidine rings is 1. The van der Waals surface area contributed by atoms with Crippen LogP contribution in [0.3, 0.4) is 0 Å². The Hall–Kier alpha value is -1.36. The molecular weight excluding hydrogens is 255 g/mol. The Morgan fingerprint density at radius 2 is 1.84 bits per heavy atom. The second-order valence-electron chi connectivity index (χ2n) is 5.46. The van der Waals surface area contributed by atoms with E-state index in [0.717, 1.165) is 44.5 Å². The molecule has 1 heterocycles. The molecule has 1 atom stereocenters. The van der Waals surface area contributed by atoms with E-state index < -0.39 is 23.2 Å². The van der Waals surface area contributed by atoms with E-state index in [-0.39, 0.29) is 16.9 Å². The lowest BCUT2D eigenvalue weighted by Crippen LogP contribution is -2.30. The van der Waals surface area contributed by atoms with Crippen LogP contribution in [0.15, 0.2) is 12.1 Å². The molecule has 0 amide bonds. The number of Topliss-reactive ketones (excluding diaryl/α,β-unsaturated/α-hetero) is 1. The molecule has 1 aromatic carbocycles. The van der Waals surface area contributed by atoms with Gasteiger partial charge >= 0.3 is 0 Å². The minimum atomic E-state index is -1.56. The van der Waals surface area contributed by atoms with Crippen LogP contribution in [0.25, 0.3) is 0 Å². The van der Waals surface area contributed by atoms with Crippen LogP contribution in [0.4, 0.5) is 13.2 Å². The molecule has 19 heavy (non-hydrogen) atoms. The smallest absolute Gasteiger partial charge is 0.195 e. The molecule has 102 valence electrons. The van der Waals surface area contributed by atoms with Crippen molar-refractivity contribution >= 4 is 5.78 Å². The van der Waals surface area contributed by atoms with Gasteiger partial charge in [0, 0.05) is 5.92 Å². The van der Waals surface area contributed by atoms with Gasteiger partial charge in [0.2, 0.25) is 0 Å². The molecule has 1 unspecified atom stereocenters. The van der Waals surface area contributed by atoms with Gasteiger partial charge in [0.15, 0.2) is 23.2 Å². The number of rotatable bonds is 2. The maximum absolute atomic E-state index is 13.6. The Labute approximate surface area is 109 Å². The first kappa shape index (κ1) is 12.7. The van der Waals surface area contributed by atoms with Crippen molar-refractivity contribution in [3.8, 4) is 0 Å². The average molecular weight is 269 g/mol. The van der Waals surface area contributed by atoms with Crippen LogP contribution >= 0.6 is 0 Å². The number of halogens is 3. The summed E-state index contributed by atoms with van der Waals surface area (Å²) in [5.41, 5.74) is -0.362. The van der Waals surface area contributed by atoms with E-state index >= 15 is 0 Å². The zero-order valence-electron chi connectivity index (χ0n) is 10.3. The fourth-order valence-corrected chi connectivity index (χ4v) is 3.10. The summed E-state index contributed by atoms with van der Waals surface area (Å²) in [6.07, 6.45) is 2.50. The topological polar surface area (TPSA) is 29.1 Å². The van der Waals surface area contributed by atoms with Gasteiger partial charge < -0.3 is 5.32 Å². The third-order valence-electron chi connectivity index (χ3n) is 4.41. The molecule has 0 bridgehead atoms. The second kappa shape index (κ2) is 4.34. The minimum absolute atomic E-state index is 0.0420. The molecule has 2 fully saturated rings. The summed E-state index contributed by atoms with van der Waals surface area (Å²) >= 11 is 0. The summed E-state index contributed by atoms with van der Waals surface area (Å²) in [4.78, 5) is 12.2. The number of hydrogen-bond donors (Lipinski definition) is 1. The summed E-state index contributed by atoms with van der Waals surface area (Å²) in [6.45, 7) is 1.70. The van der Waals surface area contributed by atoms with E-state index in [2.05, 4.69) is 5.32 Å². The van der Waals surface area contributed by atoms with Crippen molar-refractivity contribution in [1.29, 1.82) is 0 Å². The fraction of sp³-hybridized carbons (Fsp3) is 0.500. The van der Waals surface area contributed by atoms with Crippen molar-refractivity contribution in [2.45, 2.75) is 19.3 Å². The SMILES string of the molecule is O=C(c1ccc(F)c(F)c1F)C1CC12CCNCC2. The van der Waals surface area contributed by atoms with Crippen molar-refractivity contribution in [2.75, 3.05) is 13.1 Å². The fourth-order valence-electron chi connectivity index (χ4n) is 3.10. The normalized spacial score (nSPS) is 24.5. The van der Waals surface area contributed by atoms with Gasteiger partial charge in [-0.05, 0) is 49.9 Å². The predicted molar refractivity (Wildman–Crippen MR) is 63.3 cm³/mol. The quantitative estimate of drug-likeness (QED) is 0.660. The summed E-state index contributed by atoms with van der Waals surface area (Å²) in [7, 11) is 0. The molecule has 1 spiro atoms. The van der Waals surface area contributed by atoms with Crippen LogP contribution in [0.1, 0.15) is 29.6 Å². The maximum atomic E-state index is 13.6. The summed E-state index contributed by atoms with van der Waals surface area (Å²) in [6, 6.07) is 1.85. The molecular formula is C14H14F3NO. The van der Waals surface area contributed by atoms with Gasteiger partial charge in [-0.3, -0.25) is 4.79 Å². The highest BCUT2D eigenvalue weighted by atomic mass is 19.2. The molecule has 2 nitrogen and oxygen atoms in total. The molecule has 2 aliphatic rings. The van der Waals surface area contributed by atoms with Crippen LogP contribution in [-0.4, -0.2) is 18.9 Å². The number of nitrogens with one attached hydrogen (secondary N) is 1. The zero-order chi connectivity index (χ0) is 13.6. The van der Waals surface area contributed by atoms with Crippen molar-refractivity contribution in [1.82, 2.24) is 5.32 Å². The third kappa shape index (κ3) is 1.96. The van der Waals surface area contributed by atoms with Gasteiger partial charge in [-0.15, -0.1) is 0 Å². The minimum Gasteiger partial charge on any atom is -0.317 e. The number of benzene rings is 1. The Morgan fingerprint density at radius 1 is 1.16 bits per heavy atom. The van der Waals surface area contributed by atoms with Gasteiger partial charge in [-0.1, -0.05) is 0 Å². The van der Waals surface area contributed by atoms with E-state index in [4.69, 9.17) is 0 Å². The molecule has 5 heteroatoms. The number of ketones is 1. The average Bonchev–Trinajstić information content (AvgIpc) is 3.10. The largest absolute Gasteiger partial charge is 0.317 e. The van der Waals surface area contributed by atoms with E-state index in [1.165, 1.54) is 0 Å². The predicted octanol–water partition coefficient (Wildman–Crippen LogP) is 2.68. The van der Waals surface area contributed by atoms with Gasteiger partial charge in [-0.25, -0.2) is 13.2 Å². The first-order chi connectivity index (χ1) is 9.05. The third-order valence-corrected chi connectivity index (χ3v) is 4.41. The van der Waals surface area contributed by atoms with E-state index in [9.17, 15) is 18.0 Å².